The molecule has 1 atom stereocenters. The second-order valence-electron chi connectivity index (χ2n) is 4.34. The molecule has 1 unspecified atom stereocenters. The van der Waals surface area contributed by atoms with E-state index in [2.05, 4.69) is 27.9 Å². The number of nitrogens with one attached hydrogen (secondary N) is 1. The Labute approximate surface area is 129 Å². The molecule has 2 rings (SSSR count). The van der Waals surface area contributed by atoms with E-state index < -0.39 is 17.7 Å². The molecule has 0 saturated heterocycles. The first-order valence-corrected chi connectivity index (χ1v) is 7.07. The van der Waals surface area contributed by atoms with Gasteiger partial charge in [-0.3, -0.25) is 4.79 Å². The molecule has 20 heavy (non-hydrogen) atoms. The van der Waals surface area contributed by atoms with Gasteiger partial charge in [-0.15, -0.1) is 0 Å². The van der Waals surface area contributed by atoms with Gasteiger partial charge in [0.15, 0.2) is 0 Å². The van der Waals surface area contributed by atoms with Crippen molar-refractivity contribution in [1.82, 2.24) is 5.32 Å². The van der Waals surface area contributed by atoms with Crippen LogP contribution in [0.3, 0.4) is 0 Å². The lowest BCUT2D eigenvalue weighted by molar-refractivity contribution is 0.0938. The van der Waals surface area contributed by atoms with Crippen molar-refractivity contribution in [2.24, 2.45) is 0 Å². The minimum atomic E-state index is -0.666. The molecule has 0 fully saturated rings. The Bertz CT molecular complexity index is 646. The highest BCUT2D eigenvalue weighted by Gasteiger charge is 2.16. The zero-order valence-electron chi connectivity index (χ0n) is 10.7. The Hall–Kier alpha value is -1.50. The molecule has 104 valence electrons. The van der Waals surface area contributed by atoms with Gasteiger partial charge in [0.1, 0.15) is 11.6 Å². The van der Waals surface area contributed by atoms with E-state index in [4.69, 9.17) is 0 Å². The fourth-order valence-electron chi connectivity index (χ4n) is 1.85. The fourth-order valence-corrected chi connectivity index (χ4v) is 2.48. The van der Waals surface area contributed by atoms with Crippen molar-refractivity contribution in [2.75, 3.05) is 0 Å². The van der Waals surface area contributed by atoms with Crippen LogP contribution in [0.1, 0.15) is 28.9 Å². The maximum Gasteiger partial charge on any atom is 0.252 e. The second-order valence-corrected chi connectivity index (χ2v) is 5.50. The topological polar surface area (TPSA) is 29.1 Å². The highest BCUT2D eigenvalue weighted by atomic mass is 127. The second kappa shape index (κ2) is 6.30. The summed E-state index contributed by atoms with van der Waals surface area (Å²) in [5, 5.41) is 2.71. The summed E-state index contributed by atoms with van der Waals surface area (Å²) in [6.45, 7) is 1.66. The summed E-state index contributed by atoms with van der Waals surface area (Å²) < 4.78 is 27.3. The SMILES string of the molecule is CC(NC(=O)c1ccccc1I)c1ccc(F)cc1F. The Balaban J connectivity index is 2.17. The average Bonchev–Trinajstić information content (AvgIpc) is 2.38. The molecular formula is C15H12F2INO. The van der Waals surface area contributed by atoms with E-state index in [1.54, 1.807) is 19.1 Å². The van der Waals surface area contributed by atoms with Crippen LogP contribution >= 0.6 is 22.6 Å². The molecule has 0 spiro atoms. The third-order valence-corrected chi connectivity index (χ3v) is 3.84. The largest absolute Gasteiger partial charge is 0.345 e. The van der Waals surface area contributed by atoms with Gasteiger partial charge in [-0.1, -0.05) is 18.2 Å². The summed E-state index contributed by atoms with van der Waals surface area (Å²) in [5.41, 5.74) is 0.785. The van der Waals surface area contributed by atoms with E-state index in [1.165, 1.54) is 12.1 Å². The molecule has 0 saturated carbocycles. The van der Waals surface area contributed by atoms with Crippen LogP contribution in [-0.2, 0) is 0 Å². The summed E-state index contributed by atoms with van der Waals surface area (Å²) in [4.78, 5) is 12.1. The Morgan fingerprint density at radius 1 is 1.20 bits per heavy atom. The smallest absolute Gasteiger partial charge is 0.252 e. The predicted octanol–water partition coefficient (Wildman–Crippen LogP) is 4.06. The molecule has 2 aromatic rings. The maximum absolute atomic E-state index is 13.6. The lowest BCUT2D eigenvalue weighted by Gasteiger charge is -2.15. The van der Waals surface area contributed by atoms with Gasteiger partial charge < -0.3 is 5.32 Å². The van der Waals surface area contributed by atoms with Crippen LogP contribution in [0, 0.1) is 15.2 Å². The number of carbonyl (C=O) groups is 1. The molecule has 0 aromatic heterocycles. The van der Waals surface area contributed by atoms with E-state index in [1.807, 2.05) is 12.1 Å². The standard InChI is InChI=1S/C15H12F2INO/c1-9(11-7-6-10(16)8-13(11)17)19-15(20)12-4-2-3-5-14(12)18/h2-9H,1H3,(H,19,20). The third kappa shape index (κ3) is 3.33. The molecule has 0 aliphatic rings. The van der Waals surface area contributed by atoms with Gasteiger partial charge in [0, 0.05) is 15.2 Å². The van der Waals surface area contributed by atoms with Crippen molar-refractivity contribution in [1.29, 1.82) is 0 Å². The number of amides is 1. The molecular weight excluding hydrogens is 375 g/mol. The first-order valence-electron chi connectivity index (χ1n) is 5.99. The van der Waals surface area contributed by atoms with Crippen molar-refractivity contribution >= 4 is 28.5 Å². The molecule has 0 heterocycles. The molecule has 0 aliphatic heterocycles. The van der Waals surface area contributed by atoms with Crippen LogP contribution in [0.25, 0.3) is 0 Å². The fraction of sp³-hybridized carbons (Fsp3) is 0.133. The first kappa shape index (κ1) is 14.9. The lowest BCUT2D eigenvalue weighted by atomic mass is 10.1. The quantitative estimate of drug-likeness (QED) is 0.791. The van der Waals surface area contributed by atoms with Gasteiger partial charge in [-0.05, 0) is 47.7 Å². The minimum Gasteiger partial charge on any atom is -0.345 e. The molecule has 1 N–H and O–H groups in total. The molecule has 2 nitrogen and oxygen atoms in total. The van der Waals surface area contributed by atoms with Gasteiger partial charge in [0.2, 0.25) is 0 Å². The van der Waals surface area contributed by atoms with Crippen LogP contribution in [0.15, 0.2) is 42.5 Å². The number of halogens is 3. The zero-order valence-corrected chi connectivity index (χ0v) is 12.8. The van der Waals surface area contributed by atoms with E-state index in [-0.39, 0.29) is 11.5 Å². The number of hydrogen-bond donors (Lipinski definition) is 1. The Kier molecular flexibility index (Phi) is 4.69. The van der Waals surface area contributed by atoms with Crippen molar-refractivity contribution in [3.63, 3.8) is 0 Å². The highest BCUT2D eigenvalue weighted by molar-refractivity contribution is 14.1. The van der Waals surface area contributed by atoms with E-state index in [0.717, 1.165) is 9.64 Å². The van der Waals surface area contributed by atoms with E-state index in [0.29, 0.717) is 5.56 Å². The van der Waals surface area contributed by atoms with Crippen molar-refractivity contribution in [3.05, 3.63) is 68.8 Å². The summed E-state index contributed by atoms with van der Waals surface area (Å²) in [6, 6.07) is 9.90. The molecule has 2 aromatic carbocycles. The van der Waals surface area contributed by atoms with E-state index >= 15 is 0 Å². The molecule has 0 bridgehead atoms. The van der Waals surface area contributed by atoms with Crippen molar-refractivity contribution in [2.45, 2.75) is 13.0 Å². The highest BCUT2D eigenvalue weighted by Crippen LogP contribution is 2.19. The van der Waals surface area contributed by atoms with Gasteiger partial charge in [0.25, 0.3) is 5.91 Å². The summed E-state index contributed by atoms with van der Waals surface area (Å²) in [5.74, 6) is -1.59. The monoisotopic (exact) mass is 387 g/mol. The summed E-state index contributed by atoms with van der Waals surface area (Å²) >= 11 is 2.06. The maximum atomic E-state index is 13.6. The normalized spacial score (nSPS) is 12.0. The van der Waals surface area contributed by atoms with Gasteiger partial charge in [0.05, 0.1) is 11.6 Å². The zero-order chi connectivity index (χ0) is 14.7. The summed E-state index contributed by atoms with van der Waals surface area (Å²) in [6.07, 6.45) is 0. The molecule has 1 amide bonds. The van der Waals surface area contributed by atoms with E-state index in [9.17, 15) is 13.6 Å². The Morgan fingerprint density at radius 2 is 1.90 bits per heavy atom. The van der Waals surface area contributed by atoms with Crippen LogP contribution in [0.5, 0.6) is 0 Å². The lowest BCUT2D eigenvalue weighted by Crippen LogP contribution is -2.27. The predicted molar refractivity (Wildman–Crippen MR) is 81.4 cm³/mol. The molecule has 0 aliphatic carbocycles. The number of rotatable bonds is 3. The minimum absolute atomic E-state index is 0.255. The molecule has 5 heteroatoms. The van der Waals surface area contributed by atoms with Crippen LogP contribution in [0.4, 0.5) is 8.78 Å². The van der Waals surface area contributed by atoms with Crippen LogP contribution < -0.4 is 5.32 Å². The van der Waals surface area contributed by atoms with Crippen LogP contribution in [-0.4, -0.2) is 5.91 Å². The van der Waals surface area contributed by atoms with Gasteiger partial charge in [-0.25, -0.2) is 8.78 Å². The van der Waals surface area contributed by atoms with Crippen molar-refractivity contribution in [3.8, 4) is 0 Å². The summed E-state index contributed by atoms with van der Waals surface area (Å²) in [7, 11) is 0. The first-order chi connectivity index (χ1) is 9.49. The average molecular weight is 387 g/mol. The number of carbonyl (C=O) groups excluding carboxylic acids is 1. The molecule has 0 radical (unpaired) electrons. The third-order valence-electron chi connectivity index (χ3n) is 2.90. The van der Waals surface area contributed by atoms with Crippen molar-refractivity contribution < 1.29 is 13.6 Å². The Morgan fingerprint density at radius 3 is 2.55 bits per heavy atom. The van der Waals surface area contributed by atoms with Gasteiger partial charge in [-0.2, -0.15) is 0 Å². The van der Waals surface area contributed by atoms with Crippen LogP contribution in [0.2, 0.25) is 0 Å². The van der Waals surface area contributed by atoms with Gasteiger partial charge >= 0.3 is 0 Å². The number of hydrogen-bond acceptors (Lipinski definition) is 1. The number of benzene rings is 2.